The van der Waals surface area contributed by atoms with E-state index in [2.05, 4.69) is 5.16 Å². The largest absolute Gasteiger partial charge is 0.550 e. The number of fused-ring (bicyclic) bond motifs is 1. The number of carboxylic acid groups (broad SMARTS) is 1. The third kappa shape index (κ3) is 7.14. The first-order chi connectivity index (χ1) is 20.5. The monoisotopic (exact) mass is 579 g/mol. The fourth-order valence-electron chi connectivity index (χ4n) is 4.93. The predicted molar refractivity (Wildman–Crippen MR) is 164 cm³/mol. The zero-order chi connectivity index (χ0) is 29.3. The molecule has 1 aromatic heterocycles. The zero-order valence-electron chi connectivity index (χ0n) is 23.3. The highest BCUT2D eigenvalue weighted by Crippen LogP contribution is 2.23. The summed E-state index contributed by atoms with van der Waals surface area (Å²) in [6.45, 7) is 0.704. The number of rotatable bonds is 13. The molecular formula is C34H31N2O5S-. The van der Waals surface area contributed by atoms with Crippen molar-refractivity contribution in [2.75, 3.05) is 13.7 Å². The van der Waals surface area contributed by atoms with E-state index < -0.39 is 11.9 Å². The molecule has 5 aromatic rings. The van der Waals surface area contributed by atoms with Crippen LogP contribution in [-0.2, 0) is 29.0 Å². The summed E-state index contributed by atoms with van der Waals surface area (Å²) in [5, 5.41) is 16.0. The van der Waals surface area contributed by atoms with Gasteiger partial charge in [0.15, 0.2) is 0 Å². The molecule has 1 heterocycles. The van der Waals surface area contributed by atoms with Crippen molar-refractivity contribution in [3.8, 4) is 5.75 Å². The van der Waals surface area contributed by atoms with E-state index in [0.717, 1.165) is 32.5 Å². The number of aromatic nitrogens is 1. The molecule has 0 radical (unpaired) electrons. The molecule has 0 N–H and O–H groups in total. The number of hydrogen-bond donors (Lipinski definition) is 0. The molecule has 0 spiro atoms. The first kappa shape index (κ1) is 28.8. The first-order valence-corrected chi connectivity index (χ1v) is 14.6. The van der Waals surface area contributed by atoms with Gasteiger partial charge in [-0.2, -0.15) is 0 Å². The lowest BCUT2D eigenvalue weighted by molar-refractivity contribution is -0.311. The lowest BCUT2D eigenvalue weighted by Gasteiger charge is -2.18. The number of benzene rings is 4. The van der Waals surface area contributed by atoms with Crippen LogP contribution in [-0.4, -0.2) is 30.0 Å². The van der Waals surface area contributed by atoms with Gasteiger partial charge in [0.25, 0.3) is 0 Å². The zero-order valence-corrected chi connectivity index (χ0v) is 24.1. The Balaban J connectivity index is 1.20. The van der Waals surface area contributed by atoms with Crippen molar-refractivity contribution in [2.24, 2.45) is 11.1 Å². The fraction of sp³-hybridized carbons (Fsp3) is 0.206. The van der Waals surface area contributed by atoms with Gasteiger partial charge in [-0.25, -0.2) is 0 Å². The van der Waals surface area contributed by atoms with Gasteiger partial charge < -0.3 is 19.5 Å². The number of carbonyl (C=O) groups is 1. The minimum absolute atomic E-state index is 0.0603. The first-order valence-electron chi connectivity index (χ1n) is 13.8. The molecule has 42 heavy (non-hydrogen) atoms. The van der Waals surface area contributed by atoms with Crippen LogP contribution in [0.1, 0.15) is 28.7 Å². The summed E-state index contributed by atoms with van der Waals surface area (Å²) in [6.07, 6.45) is 1.60. The summed E-state index contributed by atoms with van der Waals surface area (Å²) in [6, 6.07) is 32.9. The molecule has 0 aliphatic rings. The molecule has 0 aliphatic carbocycles. The highest BCUT2D eigenvalue weighted by Gasteiger charge is 2.14. The van der Waals surface area contributed by atoms with Crippen molar-refractivity contribution >= 4 is 33.2 Å². The van der Waals surface area contributed by atoms with Crippen LogP contribution in [0.3, 0.4) is 0 Å². The van der Waals surface area contributed by atoms with Crippen LogP contribution in [0.4, 0.5) is 0 Å². The maximum atomic E-state index is 12.8. The SMILES string of the molecule is CO/N=C(\c1ccccc1)c1ccc2c(c1)sc(=O)n2CCOc1ccc(CC(CCc2ccccc2)C(=O)[O-])cc1. The Morgan fingerprint density at radius 3 is 2.31 bits per heavy atom. The lowest BCUT2D eigenvalue weighted by atomic mass is 9.93. The molecular weight excluding hydrogens is 548 g/mol. The quantitative estimate of drug-likeness (QED) is 0.143. The van der Waals surface area contributed by atoms with E-state index in [0.29, 0.717) is 43.9 Å². The van der Waals surface area contributed by atoms with E-state index in [9.17, 15) is 14.7 Å². The van der Waals surface area contributed by atoms with E-state index in [-0.39, 0.29) is 4.87 Å². The summed E-state index contributed by atoms with van der Waals surface area (Å²) >= 11 is 1.19. The Labute approximate surface area is 248 Å². The standard InChI is InChI=1S/C34H32N2O5S/c1-40-35-32(26-10-6-3-7-11-26)27-16-19-30-31(23-27)42-34(39)36(30)20-21-41-29-17-13-25(14-18-29)22-28(33(37)38)15-12-24-8-4-2-5-9-24/h2-11,13-14,16-19,23,28H,12,15,20-22H2,1H3,(H,37,38)/p-1/b35-32+. The van der Waals surface area contributed by atoms with E-state index in [1.54, 1.807) is 4.57 Å². The maximum Gasteiger partial charge on any atom is 0.308 e. The van der Waals surface area contributed by atoms with Crippen molar-refractivity contribution < 1.29 is 19.5 Å². The molecule has 0 amide bonds. The molecule has 0 saturated heterocycles. The maximum absolute atomic E-state index is 12.8. The van der Waals surface area contributed by atoms with Gasteiger partial charge in [-0.15, -0.1) is 0 Å². The van der Waals surface area contributed by atoms with Crippen LogP contribution in [0.2, 0.25) is 0 Å². The van der Waals surface area contributed by atoms with Gasteiger partial charge in [0.1, 0.15) is 25.2 Å². The molecule has 0 bridgehead atoms. The summed E-state index contributed by atoms with van der Waals surface area (Å²) in [5.41, 5.74) is 5.34. The molecule has 4 aromatic carbocycles. The van der Waals surface area contributed by atoms with Crippen molar-refractivity contribution in [3.05, 3.63) is 135 Å². The summed E-state index contributed by atoms with van der Waals surface area (Å²) < 4.78 is 8.50. The van der Waals surface area contributed by atoms with Gasteiger partial charge in [-0.3, -0.25) is 9.36 Å². The third-order valence-corrected chi connectivity index (χ3v) is 8.06. The summed E-state index contributed by atoms with van der Waals surface area (Å²) in [5.74, 6) is -0.943. The number of hydrogen-bond acceptors (Lipinski definition) is 7. The van der Waals surface area contributed by atoms with Gasteiger partial charge in [-0.1, -0.05) is 95.4 Å². The number of nitrogens with zero attached hydrogens (tertiary/aromatic N) is 2. The van der Waals surface area contributed by atoms with Crippen LogP contribution in [0.5, 0.6) is 5.75 Å². The molecule has 1 unspecified atom stereocenters. The van der Waals surface area contributed by atoms with E-state index >= 15 is 0 Å². The fourth-order valence-corrected chi connectivity index (χ4v) is 5.89. The van der Waals surface area contributed by atoms with Gasteiger partial charge in [0.2, 0.25) is 0 Å². The molecule has 1 atom stereocenters. The van der Waals surface area contributed by atoms with Crippen molar-refractivity contribution in [2.45, 2.75) is 25.8 Å². The van der Waals surface area contributed by atoms with Gasteiger partial charge in [0, 0.05) is 23.0 Å². The molecule has 5 rings (SSSR count). The lowest BCUT2D eigenvalue weighted by Crippen LogP contribution is -2.33. The summed E-state index contributed by atoms with van der Waals surface area (Å²) in [7, 11) is 1.52. The Morgan fingerprint density at radius 2 is 1.62 bits per heavy atom. The van der Waals surface area contributed by atoms with Crippen molar-refractivity contribution in [3.63, 3.8) is 0 Å². The van der Waals surface area contributed by atoms with E-state index in [4.69, 9.17) is 9.57 Å². The van der Waals surface area contributed by atoms with Crippen LogP contribution >= 0.6 is 11.3 Å². The number of thiazole rings is 1. The average molecular weight is 580 g/mol. The Bertz CT molecular complexity index is 1710. The van der Waals surface area contributed by atoms with Crippen LogP contribution in [0.25, 0.3) is 10.2 Å². The highest BCUT2D eigenvalue weighted by atomic mass is 32.1. The minimum atomic E-state index is -1.03. The number of oxime groups is 1. The predicted octanol–water partition coefficient (Wildman–Crippen LogP) is 5.08. The number of ether oxygens (including phenoxy) is 1. The Hall–Kier alpha value is -4.69. The van der Waals surface area contributed by atoms with Crippen molar-refractivity contribution in [1.29, 1.82) is 0 Å². The Kier molecular flexibility index (Phi) is 9.46. The van der Waals surface area contributed by atoms with Gasteiger partial charge >= 0.3 is 4.87 Å². The number of aryl methyl sites for hydroxylation is 1. The molecule has 0 saturated carbocycles. The number of carbonyl (C=O) groups excluding carboxylic acids is 1. The smallest absolute Gasteiger partial charge is 0.308 e. The van der Waals surface area contributed by atoms with Crippen LogP contribution in [0, 0.1) is 5.92 Å². The van der Waals surface area contributed by atoms with Gasteiger partial charge in [0.05, 0.1) is 16.8 Å². The van der Waals surface area contributed by atoms with Gasteiger partial charge in [-0.05, 0) is 54.7 Å². The van der Waals surface area contributed by atoms with Crippen LogP contribution < -0.4 is 14.7 Å². The molecule has 214 valence electrons. The van der Waals surface area contributed by atoms with Crippen molar-refractivity contribution in [1.82, 2.24) is 4.57 Å². The van der Waals surface area contributed by atoms with E-state index in [1.165, 1.54) is 18.4 Å². The second-order valence-electron chi connectivity index (χ2n) is 9.93. The van der Waals surface area contributed by atoms with E-state index in [1.807, 2.05) is 103 Å². The second-order valence-corrected chi connectivity index (χ2v) is 10.9. The topological polar surface area (TPSA) is 92.9 Å². The average Bonchev–Trinajstić information content (AvgIpc) is 3.33. The molecule has 0 aliphatic heterocycles. The van der Waals surface area contributed by atoms with Crippen LogP contribution in [0.15, 0.2) is 113 Å². The second kappa shape index (κ2) is 13.8. The summed E-state index contributed by atoms with van der Waals surface area (Å²) in [4.78, 5) is 29.6. The third-order valence-electron chi connectivity index (χ3n) is 7.12. The molecule has 7 nitrogen and oxygen atoms in total. The minimum Gasteiger partial charge on any atom is -0.550 e. The normalized spacial score (nSPS) is 12.3. The number of aliphatic carboxylic acids is 1. The molecule has 8 heteroatoms. The highest BCUT2D eigenvalue weighted by molar-refractivity contribution is 7.16. The Morgan fingerprint density at radius 1 is 0.905 bits per heavy atom. The molecule has 0 fully saturated rings. The number of carboxylic acids is 1.